The maximum atomic E-state index is 12.9. The zero-order valence-corrected chi connectivity index (χ0v) is 9.98. The molecule has 20 heavy (non-hydrogen) atoms. The van der Waals surface area contributed by atoms with Crippen LogP contribution in [0.2, 0.25) is 0 Å². The summed E-state index contributed by atoms with van der Waals surface area (Å²) >= 11 is 0. The predicted octanol–water partition coefficient (Wildman–Crippen LogP) is 3.78. The fourth-order valence-corrected chi connectivity index (χ4v) is 1.80. The van der Waals surface area contributed by atoms with Crippen molar-refractivity contribution in [3.63, 3.8) is 0 Å². The minimum atomic E-state index is -4.59. The van der Waals surface area contributed by atoms with Crippen LogP contribution in [0.15, 0.2) is 42.5 Å². The number of phenols is 1. The van der Waals surface area contributed by atoms with Crippen LogP contribution < -0.4 is 0 Å². The first kappa shape index (κ1) is 13.9. The van der Waals surface area contributed by atoms with Gasteiger partial charge in [0.1, 0.15) is 5.75 Å². The predicted molar refractivity (Wildman–Crippen MR) is 65.5 cm³/mol. The number of carboxylic acid groups (broad SMARTS) is 1. The number of halogens is 3. The monoisotopic (exact) mass is 282 g/mol. The first-order valence-corrected chi connectivity index (χ1v) is 5.53. The molecule has 0 aliphatic heterocycles. The van der Waals surface area contributed by atoms with Gasteiger partial charge in [-0.2, -0.15) is 13.2 Å². The topological polar surface area (TPSA) is 57.5 Å². The lowest BCUT2D eigenvalue weighted by Gasteiger charge is -2.14. The second kappa shape index (κ2) is 4.88. The Bertz CT molecular complexity index is 646. The minimum absolute atomic E-state index is 0.0864. The van der Waals surface area contributed by atoms with Gasteiger partial charge in [0.25, 0.3) is 0 Å². The van der Waals surface area contributed by atoms with Crippen LogP contribution >= 0.6 is 0 Å². The quantitative estimate of drug-likeness (QED) is 0.881. The summed E-state index contributed by atoms with van der Waals surface area (Å²) in [7, 11) is 0. The molecule has 0 saturated carbocycles. The van der Waals surface area contributed by atoms with Gasteiger partial charge in [-0.25, -0.2) is 4.79 Å². The highest BCUT2D eigenvalue weighted by Crippen LogP contribution is 2.38. The van der Waals surface area contributed by atoms with Crippen LogP contribution in [-0.4, -0.2) is 16.2 Å². The van der Waals surface area contributed by atoms with Gasteiger partial charge >= 0.3 is 12.1 Å². The number of carboxylic acids is 1. The zero-order valence-electron chi connectivity index (χ0n) is 9.98. The number of aromatic carboxylic acids is 1. The van der Waals surface area contributed by atoms with Crippen LogP contribution in [0.5, 0.6) is 5.75 Å². The number of phenolic OH excluding ortho intramolecular Hbond substituents is 1. The number of hydrogen-bond donors (Lipinski definition) is 2. The van der Waals surface area contributed by atoms with E-state index in [1.54, 1.807) is 0 Å². The SMILES string of the molecule is O=C(O)c1ccc(C(F)(F)F)c(-c2ccc(O)cc2)c1. The maximum Gasteiger partial charge on any atom is 0.417 e. The van der Waals surface area contributed by atoms with Crippen molar-refractivity contribution in [2.45, 2.75) is 6.18 Å². The van der Waals surface area contributed by atoms with E-state index in [0.29, 0.717) is 0 Å². The molecule has 0 spiro atoms. The van der Waals surface area contributed by atoms with Crippen molar-refractivity contribution >= 4 is 5.97 Å². The van der Waals surface area contributed by atoms with E-state index in [1.165, 1.54) is 24.3 Å². The Kier molecular flexibility index (Phi) is 3.40. The Labute approximate surface area is 111 Å². The average Bonchev–Trinajstić information content (AvgIpc) is 2.37. The minimum Gasteiger partial charge on any atom is -0.508 e. The molecule has 0 bridgehead atoms. The molecule has 104 valence electrons. The van der Waals surface area contributed by atoms with Gasteiger partial charge in [-0.05, 0) is 41.5 Å². The maximum absolute atomic E-state index is 12.9. The van der Waals surface area contributed by atoms with E-state index in [0.717, 1.165) is 18.2 Å². The average molecular weight is 282 g/mol. The van der Waals surface area contributed by atoms with E-state index >= 15 is 0 Å². The lowest BCUT2D eigenvalue weighted by atomic mass is 9.97. The second-order valence-corrected chi connectivity index (χ2v) is 4.11. The summed E-state index contributed by atoms with van der Waals surface area (Å²) in [5.41, 5.74) is -1.22. The van der Waals surface area contributed by atoms with E-state index in [2.05, 4.69) is 0 Å². The number of benzene rings is 2. The van der Waals surface area contributed by atoms with Crippen molar-refractivity contribution in [2.24, 2.45) is 0 Å². The summed E-state index contributed by atoms with van der Waals surface area (Å²) in [6, 6.07) is 7.70. The van der Waals surface area contributed by atoms with Crippen molar-refractivity contribution in [3.8, 4) is 16.9 Å². The van der Waals surface area contributed by atoms with Crippen molar-refractivity contribution in [1.29, 1.82) is 0 Å². The number of carbonyl (C=O) groups is 1. The standard InChI is InChI=1S/C14H9F3O3/c15-14(16,17)12-6-3-9(13(19)20)7-11(12)8-1-4-10(18)5-2-8/h1-7,18H,(H,19,20). The summed E-state index contributed by atoms with van der Waals surface area (Å²) in [6.45, 7) is 0. The van der Waals surface area contributed by atoms with Crippen LogP contribution in [0.3, 0.4) is 0 Å². The molecule has 2 aromatic rings. The zero-order chi connectivity index (χ0) is 14.9. The Morgan fingerprint density at radius 1 is 1.00 bits per heavy atom. The highest BCUT2D eigenvalue weighted by Gasteiger charge is 2.34. The molecule has 0 atom stereocenters. The summed E-state index contributed by atoms with van der Waals surface area (Å²) in [5.74, 6) is -1.39. The summed E-state index contributed by atoms with van der Waals surface area (Å²) in [5, 5.41) is 18.0. The molecule has 0 radical (unpaired) electrons. The smallest absolute Gasteiger partial charge is 0.417 e. The molecule has 2 N–H and O–H groups in total. The molecule has 0 aliphatic carbocycles. The highest BCUT2D eigenvalue weighted by molar-refractivity contribution is 5.90. The van der Waals surface area contributed by atoms with E-state index in [9.17, 15) is 18.0 Å². The van der Waals surface area contributed by atoms with Gasteiger partial charge in [-0.3, -0.25) is 0 Å². The molecular weight excluding hydrogens is 273 g/mol. The normalized spacial score (nSPS) is 11.3. The van der Waals surface area contributed by atoms with E-state index in [-0.39, 0.29) is 22.4 Å². The third kappa shape index (κ3) is 2.74. The Balaban J connectivity index is 2.66. The number of alkyl halides is 3. The van der Waals surface area contributed by atoms with Gasteiger partial charge in [0.2, 0.25) is 0 Å². The van der Waals surface area contributed by atoms with Crippen LogP contribution in [0.4, 0.5) is 13.2 Å². The Hall–Kier alpha value is -2.50. The molecule has 0 aromatic heterocycles. The summed E-state index contributed by atoms with van der Waals surface area (Å²) in [6.07, 6.45) is -4.59. The highest BCUT2D eigenvalue weighted by atomic mass is 19.4. The number of hydrogen-bond acceptors (Lipinski definition) is 2. The summed E-state index contributed by atoms with van der Waals surface area (Å²) < 4.78 is 38.8. The van der Waals surface area contributed by atoms with E-state index in [4.69, 9.17) is 10.2 Å². The van der Waals surface area contributed by atoms with Gasteiger partial charge in [-0.15, -0.1) is 0 Å². The largest absolute Gasteiger partial charge is 0.508 e. The van der Waals surface area contributed by atoms with Crippen LogP contribution in [0.1, 0.15) is 15.9 Å². The lowest BCUT2D eigenvalue weighted by molar-refractivity contribution is -0.137. The second-order valence-electron chi connectivity index (χ2n) is 4.11. The molecule has 0 heterocycles. The van der Waals surface area contributed by atoms with E-state index < -0.39 is 17.7 Å². The molecule has 0 fully saturated rings. The molecule has 2 aromatic carbocycles. The Morgan fingerprint density at radius 2 is 1.60 bits per heavy atom. The van der Waals surface area contributed by atoms with Crippen LogP contribution in [-0.2, 0) is 6.18 Å². The first-order chi connectivity index (χ1) is 9.29. The fourth-order valence-electron chi connectivity index (χ4n) is 1.80. The van der Waals surface area contributed by atoms with Gasteiger partial charge < -0.3 is 10.2 Å². The molecular formula is C14H9F3O3. The van der Waals surface area contributed by atoms with E-state index in [1.807, 2.05) is 0 Å². The number of rotatable bonds is 2. The van der Waals surface area contributed by atoms with Crippen molar-refractivity contribution < 1.29 is 28.2 Å². The van der Waals surface area contributed by atoms with Crippen molar-refractivity contribution in [1.82, 2.24) is 0 Å². The molecule has 0 amide bonds. The van der Waals surface area contributed by atoms with Gasteiger partial charge in [0.05, 0.1) is 11.1 Å². The van der Waals surface area contributed by atoms with Crippen LogP contribution in [0, 0.1) is 0 Å². The molecule has 0 unspecified atom stereocenters. The lowest BCUT2D eigenvalue weighted by Crippen LogP contribution is -2.08. The van der Waals surface area contributed by atoms with Crippen molar-refractivity contribution in [3.05, 3.63) is 53.6 Å². The van der Waals surface area contributed by atoms with Crippen molar-refractivity contribution in [2.75, 3.05) is 0 Å². The molecule has 0 saturated heterocycles. The first-order valence-electron chi connectivity index (χ1n) is 5.53. The Morgan fingerprint density at radius 3 is 2.10 bits per heavy atom. The molecule has 2 rings (SSSR count). The summed E-state index contributed by atoms with van der Waals surface area (Å²) in [4.78, 5) is 10.9. The molecule has 3 nitrogen and oxygen atoms in total. The third-order valence-corrected chi connectivity index (χ3v) is 2.75. The van der Waals surface area contributed by atoms with Gasteiger partial charge in [0, 0.05) is 0 Å². The van der Waals surface area contributed by atoms with Gasteiger partial charge in [0.15, 0.2) is 0 Å². The molecule has 0 aliphatic rings. The fraction of sp³-hybridized carbons (Fsp3) is 0.0714. The third-order valence-electron chi connectivity index (χ3n) is 2.75. The number of aromatic hydroxyl groups is 1. The van der Waals surface area contributed by atoms with Gasteiger partial charge in [-0.1, -0.05) is 12.1 Å². The van der Waals surface area contributed by atoms with Crippen LogP contribution in [0.25, 0.3) is 11.1 Å². The molecule has 6 heteroatoms.